The number of nitrogens with two attached hydrogens (primary N) is 1. The van der Waals surface area contributed by atoms with Crippen LogP contribution in [0, 0.1) is 0 Å². The molecule has 3 heteroatoms. The first-order chi connectivity index (χ1) is 9.22. The molecule has 2 aliphatic rings. The topological polar surface area (TPSA) is 44.5 Å². The van der Waals surface area contributed by atoms with Gasteiger partial charge in [0.25, 0.3) is 0 Å². The van der Waals surface area contributed by atoms with Crippen molar-refractivity contribution in [3.8, 4) is 11.5 Å². The van der Waals surface area contributed by atoms with Gasteiger partial charge in [0.15, 0.2) is 0 Å². The van der Waals surface area contributed by atoms with E-state index in [1.54, 1.807) is 0 Å². The van der Waals surface area contributed by atoms with E-state index in [0.29, 0.717) is 0 Å². The predicted molar refractivity (Wildman–Crippen MR) is 75.6 cm³/mol. The monoisotopic (exact) mass is 261 g/mol. The van der Waals surface area contributed by atoms with E-state index < -0.39 is 0 Å². The van der Waals surface area contributed by atoms with Crippen LogP contribution in [-0.2, 0) is 0 Å². The average molecular weight is 261 g/mol. The van der Waals surface area contributed by atoms with Crippen molar-refractivity contribution in [1.82, 2.24) is 0 Å². The molecule has 1 aliphatic carbocycles. The van der Waals surface area contributed by atoms with E-state index in [9.17, 15) is 0 Å². The lowest BCUT2D eigenvalue weighted by Gasteiger charge is -2.38. The van der Waals surface area contributed by atoms with Gasteiger partial charge in [-0.3, -0.25) is 0 Å². The lowest BCUT2D eigenvalue weighted by Crippen LogP contribution is -2.40. The summed E-state index contributed by atoms with van der Waals surface area (Å²) < 4.78 is 12.0. The van der Waals surface area contributed by atoms with E-state index in [1.165, 1.54) is 12.8 Å². The standard InChI is InChI=1S/C16H23NO2/c1-2-9-18-12-5-6-15-13(10-12)14(17)11-16(19-15)7-3-4-8-16/h5-6,10,14H,2-4,7-9,11,17H2,1H3. The zero-order valence-corrected chi connectivity index (χ0v) is 11.7. The third-order valence-corrected chi connectivity index (χ3v) is 4.29. The van der Waals surface area contributed by atoms with Crippen molar-refractivity contribution in [1.29, 1.82) is 0 Å². The molecular formula is C16H23NO2. The third-order valence-electron chi connectivity index (χ3n) is 4.29. The molecular weight excluding hydrogens is 238 g/mol. The van der Waals surface area contributed by atoms with Gasteiger partial charge in [0.1, 0.15) is 17.1 Å². The molecule has 1 spiro atoms. The second-order valence-electron chi connectivity index (χ2n) is 5.85. The molecule has 0 aromatic heterocycles. The Morgan fingerprint density at radius 2 is 2.16 bits per heavy atom. The van der Waals surface area contributed by atoms with Crippen LogP contribution in [0.15, 0.2) is 18.2 Å². The van der Waals surface area contributed by atoms with Crippen LogP contribution < -0.4 is 15.2 Å². The van der Waals surface area contributed by atoms with Crippen LogP contribution in [0.25, 0.3) is 0 Å². The fourth-order valence-corrected chi connectivity index (χ4v) is 3.33. The summed E-state index contributed by atoms with van der Waals surface area (Å²) in [7, 11) is 0. The quantitative estimate of drug-likeness (QED) is 0.904. The highest BCUT2D eigenvalue weighted by molar-refractivity contribution is 5.44. The third kappa shape index (κ3) is 2.44. The molecule has 1 aromatic rings. The van der Waals surface area contributed by atoms with E-state index in [2.05, 4.69) is 13.0 Å². The molecule has 3 rings (SSSR count). The smallest absolute Gasteiger partial charge is 0.125 e. The van der Waals surface area contributed by atoms with E-state index in [1.807, 2.05) is 12.1 Å². The first-order valence-corrected chi connectivity index (χ1v) is 7.44. The van der Waals surface area contributed by atoms with Gasteiger partial charge >= 0.3 is 0 Å². The molecule has 1 heterocycles. The maximum absolute atomic E-state index is 6.36. The number of fused-ring (bicyclic) bond motifs is 1. The fraction of sp³-hybridized carbons (Fsp3) is 0.625. The molecule has 2 N–H and O–H groups in total. The van der Waals surface area contributed by atoms with Crippen molar-refractivity contribution in [2.75, 3.05) is 6.61 Å². The lowest BCUT2D eigenvalue weighted by molar-refractivity contribution is 0.0424. The van der Waals surface area contributed by atoms with Gasteiger partial charge in [-0.25, -0.2) is 0 Å². The minimum atomic E-state index is 0.0121. The van der Waals surface area contributed by atoms with Gasteiger partial charge in [-0.1, -0.05) is 6.92 Å². The SMILES string of the molecule is CCCOc1ccc2c(c1)C(N)CC1(CCCC1)O2. The number of benzene rings is 1. The normalized spacial score (nSPS) is 24.0. The molecule has 3 nitrogen and oxygen atoms in total. The van der Waals surface area contributed by atoms with Crippen molar-refractivity contribution >= 4 is 0 Å². The minimum Gasteiger partial charge on any atom is -0.494 e. The molecule has 0 saturated heterocycles. The number of ether oxygens (including phenoxy) is 2. The summed E-state index contributed by atoms with van der Waals surface area (Å²) in [4.78, 5) is 0. The molecule has 0 bridgehead atoms. The maximum atomic E-state index is 6.36. The van der Waals surface area contributed by atoms with Gasteiger partial charge in [-0.2, -0.15) is 0 Å². The fourth-order valence-electron chi connectivity index (χ4n) is 3.33. The Hall–Kier alpha value is -1.22. The summed E-state index contributed by atoms with van der Waals surface area (Å²) in [6.45, 7) is 2.86. The van der Waals surface area contributed by atoms with Crippen molar-refractivity contribution in [3.63, 3.8) is 0 Å². The Bertz CT molecular complexity index is 452. The molecule has 0 radical (unpaired) electrons. The van der Waals surface area contributed by atoms with Crippen LogP contribution in [0.4, 0.5) is 0 Å². The first kappa shape index (κ1) is 12.8. The Morgan fingerprint density at radius 3 is 2.89 bits per heavy atom. The van der Waals surface area contributed by atoms with Crippen LogP contribution in [-0.4, -0.2) is 12.2 Å². The van der Waals surface area contributed by atoms with Crippen LogP contribution in [0.5, 0.6) is 11.5 Å². The van der Waals surface area contributed by atoms with E-state index >= 15 is 0 Å². The summed E-state index contributed by atoms with van der Waals surface area (Å²) >= 11 is 0. The van der Waals surface area contributed by atoms with Gasteiger partial charge in [0, 0.05) is 18.0 Å². The highest BCUT2D eigenvalue weighted by atomic mass is 16.5. The lowest BCUT2D eigenvalue weighted by atomic mass is 9.86. The van der Waals surface area contributed by atoms with Gasteiger partial charge in [-0.05, 0) is 50.3 Å². The van der Waals surface area contributed by atoms with Gasteiger partial charge in [0.05, 0.1) is 6.61 Å². The number of hydrogen-bond acceptors (Lipinski definition) is 3. The van der Waals surface area contributed by atoms with Crippen LogP contribution in [0.2, 0.25) is 0 Å². The molecule has 1 aromatic carbocycles. The van der Waals surface area contributed by atoms with Gasteiger partial charge in [-0.15, -0.1) is 0 Å². The summed E-state index contributed by atoms with van der Waals surface area (Å²) in [6, 6.07) is 6.15. The van der Waals surface area contributed by atoms with E-state index in [0.717, 1.165) is 49.4 Å². The second kappa shape index (κ2) is 5.04. The van der Waals surface area contributed by atoms with E-state index in [-0.39, 0.29) is 11.6 Å². The molecule has 1 unspecified atom stereocenters. The first-order valence-electron chi connectivity index (χ1n) is 7.44. The predicted octanol–water partition coefficient (Wildman–Crippen LogP) is 3.57. The largest absolute Gasteiger partial charge is 0.494 e. The Kier molecular flexibility index (Phi) is 3.40. The molecule has 1 aliphatic heterocycles. The summed E-state index contributed by atoms with van der Waals surface area (Å²) in [5, 5.41) is 0. The Balaban J connectivity index is 1.84. The van der Waals surface area contributed by atoms with Gasteiger partial charge in [0.2, 0.25) is 0 Å². The molecule has 19 heavy (non-hydrogen) atoms. The molecule has 1 saturated carbocycles. The van der Waals surface area contributed by atoms with E-state index in [4.69, 9.17) is 15.2 Å². The molecule has 104 valence electrons. The van der Waals surface area contributed by atoms with Crippen molar-refractivity contribution < 1.29 is 9.47 Å². The number of rotatable bonds is 3. The average Bonchev–Trinajstić information content (AvgIpc) is 2.84. The molecule has 0 amide bonds. The highest BCUT2D eigenvalue weighted by Crippen LogP contribution is 2.47. The Labute approximate surface area is 115 Å². The summed E-state index contributed by atoms with van der Waals surface area (Å²) in [5.41, 5.74) is 7.48. The van der Waals surface area contributed by atoms with Crippen molar-refractivity contribution in [2.45, 2.75) is 57.1 Å². The second-order valence-corrected chi connectivity index (χ2v) is 5.85. The van der Waals surface area contributed by atoms with Crippen molar-refractivity contribution in [3.05, 3.63) is 23.8 Å². The van der Waals surface area contributed by atoms with Crippen LogP contribution >= 0.6 is 0 Å². The minimum absolute atomic E-state index is 0.0121. The number of hydrogen-bond donors (Lipinski definition) is 1. The van der Waals surface area contributed by atoms with Crippen LogP contribution in [0.1, 0.15) is 57.1 Å². The molecule has 1 fully saturated rings. The zero-order chi connectivity index (χ0) is 13.3. The summed E-state index contributed by atoms with van der Waals surface area (Å²) in [5.74, 6) is 1.87. The van der Waals surface area contributed by atoms with Gasteiger partial charge < -0.3 is 15.2 Å². The Morgan fingerprint density at radius 1 is 1.37 bits per heavy atom. The van der Waals surface area contributed by atoms with Crippen LogP contribution in [0.3, 0.4) is 0 Å². The maximum Gasteiger partial charge on any atom is 0.125 e. The summed E-state index contributed by atoms with van der Waals surface area (Å²) in [6.07, 6.45) is 6.78. The zero-order valence-electron chi connectivity index (χ0n) is 11.7. The van der Waals surface area contributed by atoms with Crippen molar-refractivity contribution in [2.24, 2.45) is 5.73 Å². The molecule has 1 atom stereocenters. The highest BCUT2D eigenvalue weighted by Gasteiger charge is 2.42.